The number of carbonyl (C=O) groups is 1. The number of ether oxygens (including phenoxy) is 1. The van der Waals surface area contributed by atoms with Crippen molar-refractivity contribution in [3.8, 4) is 0 Å². The lowest BCUT2D eigenvalue weighted by Gasteiger charge is -2.23. The zero-order chi connectivity index (χ0) is 10.7. The largest absolute Gasteiger partial charge is 0.463 e. The summed E-state index contributed by atoms with van der Waals surface area (Å²) in [4.78, 5) is 11.2. The summed E-state index contributed by atoms with van der Waals surface area (Å²) in [6.45, 7) is 5.27. The summed E-state index contributed by atoms with van der Waals surface area (Å²) >= 11 is 7.87. The Bertz CT molecular complexity index is 184. The van der Waals surface area contributed by atoms with Gasteiger partial charge >= 0.3 is 5.97 Å². The first-order valence-corrected chi connectivity index (χ1v) is 4.81. The molecule has 0 atom stereocenters. The van der Waals surface area contributed by atoms with Crippen molar-refractivity contribution in [2.75, 3.05) is 13.2 Å². The fourth-order valence-electron chi connectivity index (χ4n) is 0.443. The Balaban J connectivity index is 3.98. The molecule has 0 saturated heterocycles. The van der Waals surface area contributed by atoms with Crippen LogP contribution in [-0.4, -0.2) is 28.4 Å². The molecular formula is C8H16O3S2. The van der Waals surface area contributed by atoms with Crippen LogP contribution in [0.25, 0.3) is 0 Å². The number of hydrogen-bond acceptors (Lipinski definition) is 5. The third-order valence-corrected chi connectivity index (χ3v) is 1.77. The maximum atomic E-state index is 11.2. The van der Waals surface area contributed by atoms with Crippen LogP contribution in [0.1, 0.15) is 20.8 Å². The molecule has 0 unspecified atom stereocenters. The third-order valence-electron chi connectivity index (χ3n) is 1.41. The highest BCUT2D eigenvalue weighted by Gasteiger charge is 2.28. The second kappa shape index (κ2) is 4.57. The van der Waals surface area contributed by atoms with E-state index >= 15 is 0 Å². The van der Waals surface area contributed by atoms with Crippen LogP contribution in [0, 0.1) is 5.41 Å². The SMILES string of the molecule is CC(C)(CO)COC(=O)C(C)(S)S. The third kappa shape index (κ3) is 5.44. The predicted octanol–water partition coefficient (Wildman–Crippen LogP) is 1.12. The highest BCUT2D eigenvalue weighted by molar-refractivity contribution is 8.01. The van der Waals surface area contributed by atoms with Crippen molar-refractivity contribution in [3.05, 3.63) is 0 Å². The van der Waals surface area contributed by atoms with Gasteiger partial charge in [0.2, 0.25) is 0 Å². The smallest absolute Gasteiger partial charge is 0.331 e. The molecule has 0 aromatic rings. The fourth-order valence-corrected chi connectivity index (χ4v) is 0.572. The van der Waals surface area contributed by atoms with E-state index in [4.69, 9.17) is 9.84 Å². The molecule has 0 aliphatic heterocycles. The van der Waals surface area contributed by atoms with Crippen LogP contribution in [0.2, 0.25) is 0 Å². The van der Waals surface area contributed by atoms with Gasteiger partial charge < -0.3 is 9.84 Å². The van der Waals surface area contributed by atoms with Crippen LogP contribution in [0.15, 0.2) is 0 Å². The first-order valence-electron chi connectivity index (χ1n) is 3.92. The van der Waals surface area contributed by atoms with Crippen molar-refractivity contribution in [3.63, 3.8) is 0 Å². The van der Waals surface area contributed by atoms with E-state index in [0.29, 0.717) is 0 Å². The summed E-state index contributed by atoms with van der Waals surface area (Å²) in [5.74, 6) is -0.499. The molecule has 0 saturated carbocycles. The molecule has 0 fully saturated rings. The van der Waals surface area contributed by atoms with Gasteiger partial charge in [-0.1, -0.05) is 13.8 Å². The standard InChI is InChI=1S/C8H16O3S2/c1-7(2,4-9)5-11-6(10)8(3,12)13/h9,12-13H,4-5H2,1-3H3. The van der Waals surface area contributed by atoms with Gasteiger partial charge in [0.15, 0.2) is 4.08 Å². The lowest BCUT2D eigenvalue weighted by molar-refractivity contribution is -0.147. The van der Waals surface area contributed by atoms with E-state index in [1.807, 2.05) is 0 Å². The van der Waals surface area contributed by atoms with Gasteiger partial charge in [-0.3, -0.25) is 0 Å². The van der Waals surface area contributed by atoms with Crippen LogP contribution in [0.4, 0.5) is 0 Å². The molecule has 5 heteroatoms. The quantitative estimate of drug-likeness (QED) is 0.381. The lowest BCUT2D eigenvalue weighted by atomic mass is 9.97. The van der Waals surface area contributed by atoms with Gasteiger partial charge in [-0.05, 0) is 6.92 Å². The maximum Gasteiger partial charge on any atom is 0.331 e. The molecule has 0 spiro atoms. The molecule has 0 bridgehead atoms. The van der Waals surface area contributed by atoms with Crippen LogP contribution in [0.5, 0.6) is 0 Å². The molecule has 0 rings (SSSR count). The van der Waals surface area contributed by atoms with E-state index in [2.05, 4.69) is 25.3 Å². The van der Waals surface area contributed by atoms with Crippen LogP contribution >= 0.6 is 25.3 Å². The molecule has 0 radical (unpaired) electrons. The second-order valence-electron chi connectivity index (χ2n) is 3.92. The van der Waals surface area contributed by atoms with Crippen molar-refractivity contribution in [2.45, 2.75) is 24.9 Å². The Labute approximate surface area is 89.7 Å². The van der Waals surface area contributed by atoms with E-state index in [1.165, 1.54) is 6.92 Å². The molecule has 0 aromatic heterocycles. The normalized spacial score (nSPS) is 12.8. The van der Waals surface area contributed by atoms with Crippen LogP contribution < -0.4 is 0 Å². The Kier molecular flexibility index (Phi) is 4.62. The Morgan fingerprint density at radius 1 is 1.38 bits per heavy atom. The van der Waals surface area contributed by atoms with Gasteiger partial charge in [-0.25, -0.2) is 4.79 Å². The van der Waals surface area contributed by atoms with Gasteiger partial charge in [0.05, 0.1) is 13.2 Å². The molecule has 13 heavy (non-hydrogen) atoms. The number of thiol groups is 2. The van der Waals surface area contributed by atoms with Gasteiger partial charge in [0, 0.05) is 5.41 Å². The van der Waals surface area contributed by atoms with E-state index in [-0.39, 0.29) is 13.2 Å². The fraction of sp³-hybridized carbons (Fsp3) is 0.875. The van der Waals surface area contributed by atoms with Crippen molar-refractivity contribution in [1.82, 2.24) is 0 Å². The summed E-state index contributed by atoms with van der Waals surface area (Å²) in [6.07, 6.45) is 0. The number of carbonyl (C=O) groups excluding carboxylic acids is 1. The van der Waals surface area contributed by atoms with Crippen molar-refractivity contribution < 1.29 is 14.6 Å². The molecule has 0 aliphatic carbocycles. The summed E-state index contributed by atoms with van der Waals surface area (Å²) < 4.78 is 3.83. The summed E-state index contributed by atoms with van der Waals surface area (Å²) in [5.41, 5.74) is -0.414. The van der Waals surface area contributed by atoms with Gasteiger partial charge in [0.25, 0.3) is 0 Å². The Morgan fingerprint density at radius 3 is 2.15 bits per heavy atom. The number of esters is 1. The van der Waals surface area contributed by atoms with Crippen molar-refractivity contribution >= 4 is 31.2 Å². The van der Waals surface area contributed by atoms with Crippen LogP contribution in [0.3, 0.4) is 0 Å². The summed E-state index contributed by atoms with van der Waals surface area (Å²) in [5, 5.41) is 8.88. The number of aliphatic hydroxyl groups excluding tert-OH is 1. The topological polar surface area (TPSA) is 46.5 Å². The molecule has 0 heterocycles. The summed E-state index contributed by atoms with van der Waals surface area (Å²) in [6, 6.07) is 0. The Morgan fingerprint density at radius 2 is 1.85 bits per heavy atom. The van der Waals surface area contributed by atoms with Gasteiger partial charge in [-0.15, -0.1) is 0 Å². The van der Waals surface area contributed by atoms with Crippen molar-refractivity contribution in [2.24, 2.45) is 5.41 Å². The Hall–Kier alpha value is 0.130. The number of aliphatic hydroxyl groups is 1. The van der Waals surface area contributed by atoms with E-state index in [9.17, 15) is 4.79 Å². The predicted molar refractivity (Wildman–Crippen MR) is 58.2 cm³/mol. The average Bonchev–Trinajstić information content (AvgIpc) is 1.98. The number of rotatable bonds is 4. The molecule has 78 valence electrons. The lowest BCUT2D eigenvalue weighted by Crippen LogP contribution is -2.31. The molecule has 0 amide bonds. The highest BCUT2D eigenvalue weighted by atomic mass is 32.2. The molecule has 1 N–H and O–H groups in total. The highest BCUT2D eigenvalue weighted by Crippen LogP contribution is 2.22. The van der Waals surface area contributed by atoms with Gasteiger partial charge in [0.1, 0.15) is 0 Å². The first kappa shape index (κ1) is 13.1. The van der Waals surface area contributed by atoms with E-state index < -0.39 is 15.5 Å². The molecule has 0 aromatic carbocycles. The monoisotopic (exact) mass is 224 g/mol. The van der Waals surface area contributed by atoms with Crippen LogP contribution in [-0.2, 0) is 9.53 Å². The maximum absolute atomic E-state index is 11.2. The zero-order valence-corrected chi connectivity index (χ0v) is 9.86. The second-order valence-corrected chi connectivity index (χ2v) is 6.06. The van der Waals surface area contributed by atoms with E-state index in [0.717, 1.165) is 0 Å². The van der Waals surface area contributed by atoms with E-state index in [1.54, 1.807) is 13.8 Å². The molecule has 3 nitrogen and oxygen atoms in total. The minimum Gasteiger partial charge on any atom is -0.463 e. The average molecular weight is 224 g/mol. The molecule has 0 aliphatic rings. The molecular weight excluding hydrogens is 208 g/mol. The minimum atomic E-state index is -1.08. The minimum absolute atomic E-state index is 0.0316. The first-order chi connectivity index (χ1) is 5.69. The number of hydrogen-bond donors (Lipinski definition) is 3. The van der Waals surface area contributed by atoms with Crippen molar-refractivity contribution in [1.29, 1.82) is 0 Å². The van der Waals surface area contributed by atoms with Gasteiger partial charge in [-0.2, -0.15) is 25.3 Å². The zero-order valence-electron chi connectivity index (χ0n) is 8.07. The summed E-state index contributed by atoms with van der Waals surface area (Å²) in [7, 11) is 0.